The molecule has 0 bridgehead atoms. The van der Waals surface area contributed by atoms with Crippen LogP contribution in [0.5, 0.6) is 5.75 Å². The summed E-state index contributed by atoms with van der Waals surface area (Å²) in [6.07, 6.45) is 0.789. The lowest BCUT2D eigenvalue weighted by atomic mass is 10.0. The van der Waals surface area contributed by atoms with Gasteiger partial charge in [0.1, 0.15) is 11.3 Å². The van der Waals surface area contributed by atoms with Crippen LogP contribution in [-0.4, -0.2) is 29.0 Å². The molecule has 0 saturated carbocycles. The molecule has 8 heteroatoms. The molecule has 4 rings (SSSR count). The maximum Gasteiger partial charge on any atom is 0.336 e. The van der Waals surface area contributed by atoms with E-state index >= 15 is 0 Å². The molecule has 4 aromatic rings. The van der Waals surface area contributed by atoms with E-state index in [1.54, 1.807) is 25.3 Å². The van der Waals surface area contributed by atoms with Crippen molar-refractivity contribution in [3.63, 3.8) is 0 Å². The summed E-state index contributed by atoms with van der Waals surface area (Å²) < 4.78 is 10.8. The SMILES string of the molecule is Cc1cc(=O)oc2cc(O[C@@H](C)C(=O)N[C@H](Cc3c[nH]c4ccccc34)C(=O)[O-])ccc12. The summed E-state index contributed by atoms with van der Waals surface area (Å²) in [5.74, 6) is -1.68. The van der Waals surface area contributed by atoms with Crippen molar-refractivity contribution in [1.29, 1.82) is 0 Å². The van der Waals surface area contributed by atoms with Crippen molar-refractivity contribution in [3.05, 3.63) is 76.3 Å². The maximum atomic E-state index is 12.6. The second-order valence-electron chi connectivity index (χ2n) is 7.61. The van der Waals surface area contributed by atoms with E-state index in [4.69, 9.17) is 9.15 Å². The van der Waals surface area contributed by atoms with Crippen LogP contribution in [0.2, 0.25) is 0 Å². The van der Waals surface area contributed by atoms with E-state index in [0.717, 1.165) is 27.4 Å². The van der Waals surface area contributed by atoms with Crippen LogP contribution < -0.4 is 20.8 Å². The van der Waals surface area contributed by atoms with Gasteiger partial charge in [-0.1, -0.05) is 18.2 Å². The summed E-state index contributed by atoms with van der Waals surface area (Å²) in [4.78, 5) is 39.0. The molecule has 2 aromatic carbocycles. The van der Waals surface area contributed by atoms with E-state index in [9.17, 15) is 19.5 Å². The van der Waals surface area contributed by atoms with E-state index in [1.165, 1.54) is 19.1 Å². The molecule has 0 aliphatic heterocycles. The Morgan fingerprint density at radius 1 is 1.16 bits per heavy atom. The Labute approximate surface area is 182 Å². The van der Waals surface area contributed by atoms with Crippen LogP contribution in [0.25, 0.3) is 21.9 Å². The highest BCUT2D eigenvalue weighted by atomic mass is 16.5. The molecule has 0 radical (unpaired) electrons. The first-order chi connectivity index (χ1) is 15.3. The number of fused-ring (bicyclic) bond motifs is 2. The fourth-order valence-electron chi connectivity index (χ4n) is 3.64. The smallest absolute Gasteiger partial charge is 0.336 e. The van der Waals surface area contributed by atoms with Crippen LogP contribution in [-0.2, 0) is 16.0 Å². The Hall–Kier alpha value is -4.07. The van der Waals surface area contributed by atoms with Crippen molar-refractivity contribution in [2.45, 2.75) is 32.4 Å². The molecular formula is C24H21N2O6-. The minimum atomic E-state index is -1.39. The summed E-state index contributed by atoms with van der Waals surface area (Å²) in [6, 6.07) is 12.6. The summed E-state index contributed by atoms with van der Waals surface area (Å²) in [6.45, 7) is 3.30. The quantitative estimate of drug-likeness (QED) is 0.429. The van der Waals surface area contributed by atoms with Gasteiger partial charge in [-0.3, -0.25) is 4.79 Å². The molecule has 0 unspecified atom stereocenters. The predicted octanol–water partition coefficient (Wildman–Crippen LogP) is 1.83. The summed E-state index contributed by atoms with van der Waals surface area (Å²) in [5, 5.41) is 15.8. The number of carbonyl (C=O) groups is 2. The number of H-pyrrole nitrogens is 1. The molecule has 1 amide bonds. The molecule has 2 N–H and O–H groups in total. The summed E-state index contributed by atoms with van der Waals surface area (Å²) in [5.41, 5.74) is 2.26. The van der Waals surface area contributed by atoms with Crippen molar-refractivity contribution in [1.82, 2.24) is 10.3 Å². The number of aryl methyl sites for hydroxylation is 1. The number of aromatic nitrogens is 1. The second kappa shape index (κ2) is 8.58. The molecule has 0 aliphatic carbocycles. The lowest BCUT2D eigenvalue weighted by Crippen LogP contribution is -2.52. The van der Waals surface area contributed by atoms with Gasteiger partial charge in [0.05, 0.1) is 12.0 Å². The van der Waals surface area contributed by atoms with Gasteiger partial charge in [-0.25, -0.2) is 4.79 Å². The van der Waals surface area contributed by atoms with Gasteiger partial charge in [0.2, 0.25) is 0 Å². The van der Waals surface area contributed by atoms with Gasteiger partial charge in [0.15, 0.2) is 6.10 Å². The van der Waals surface area contributed by atoms with Crippen molar-refractivity contribution in [2.24, 2.45) is 0 Å². The minimum Gasteiger partial charge on any atom is -0.548 e. The number of aliphatic carboxylic acids is 1. The number of hydrogen-bond acceptors (Lipinski definition) is 6. The number of carboxylic acids is 1. The van der Waals surface area contributed by atoms with Gasteiger partial charge in [0, 0.05) is 41.0 Å². The van der Waals surface area contributed by atoms with Crippen LogP contribution in [0, 0.1) is 6.92 Å². The van der Waals surface area contributed by atoms with Crippen molar-refractivity contribution >= 4 is 33.7 Å². The average molecular weight is 433 g/mol. The van der Waals surface area contributed by atoms with Crippen LogP contribution in [0.4, 0.5) is 0 Å². The molecule has 0 aliphatic rings. The molecule has 2 aromatic heterocycles. The Morgan fingerprint density at radius 3 is 2.72 bits per heavy atom. The normalized spacial score (nSPS) is 13.1. The number of carbonyl (C=O) groups excluding carboxylic acids is 2. The van der Waals surface area contributed by atoms with Crippen LogP contribution in [0.15, 0.2) is 63.9 Å². The van der Waals surface area contributed by atoms with Crippen LogP contribution in [0.3, 0.4) is 0 Å². The lowest BCUT2D eigenvalue weighted by Gasteiger charge is -2.22. The number of hydrogen-bond donors (Lipinski definition) is 2. The molecule has 0 saturated heterocycles. The van der Waals surface area contributed by atoms with E-state index in [0.29, 0.717) is 11.3 Å². The zero-order valence-corrected chi connectivity index (χ0v) is 17.5. The third-order valence-corrected chi connectivity index (χ3v) is 5.30. The number of rotatable bonds is 7. The topological polar surface area (TPSA) is 124 Å². The van der Waals surface area contributed by atoms with E-state index in [1.807, 2.05) is 24.3 Å². The van der Waals surface area contributed by atoms with Crippen LogP contribution in [0.1, 0.15) is 18.1 Å². The first-order valence-corrected chi connectivity index (χ1v) is 10.1. The van der Waals surface area contributed by atoms with Gasteiger partial charge in [-0.05, 0) is 43.2 Å². The first-order valence-electron chi connectivity index (χ1n) is 10.1. The Balaban J connectivity index is 1.47. The molecule has 164 valence electrons. The second-order valence-corrected chi connectivity index (χ2v) is 7.61. The first kappa shape index (κ1) is 21.2. The third kappa shape index (κ3) is 4.34. The zero-order valence-electron chi connectivity index (χ0n) is 17.5. The highest BCUT2D eigenvalue weighted by Crippen LogP contribution is 2.23. The summed E-state index contributed by atoms with van der Waals surface area (Å²) >= 11 is 0. The molecule has 2 heterocycles. The Bertz CT molecular complexity index is 1370. The van der Waals surface area contributed by atoms with E-state index in [-0.39, 0.29) is 6.42 Å². The Morgan fingerprint density at radius 2 is 1.94 bits per heavy atom. The largest absolute Gasteiger partial charge is 0.548 e. The standard InChI is InChI=1S/C24H22N2O6/c1-13-9-22(27)32-21-11-16(7-8-17(13)21)31-14(2)23(28)26-20(24(29)30)10-15-12-25-19-6-4-3-5-18(15)19/h3-9,11-12,14,20,25H,10H2,1-2H3,(H,26,28)(H,29,30)/p-1/t14-,20+/m0/s1. The number of nitrogens with one attached hydrogen (secondary N) is 2. The maximum absolute atomic E-state index is 12.6. The number of amides is 1. The van der Waals surface area contributed by atoms with Crippen LogP contribution >= 0.6 is 0 Å². The van der Waals surface area contributed by atoms with Gasteiger partial charge >= 0.3 is 5.63 Å². The highest BCUT2D eigenvalue weighted by molar-refractivity contribution is 5.88. The minimum absolute atomic E-state index is 0.0607. The van der Waals surface area contributed by atoms with Crippen molar-refractivity contribution in [3.8, 4) is 5.75 Å². The predicted molar refractivity (Wildman–Crippen MR) is 116 cm³/mol. The van der Waals surface area contributed by atoms with Crippen molar-refractivity contribution < 1.29 is 23.8 Å². The Kier molecular flexibility index (Phi) is 5.68. The number of para-hydroxylation sites is 1. The fourth-order valence-corrected chi connectivity index (χ4v) is 3.64. The summed E-state index contributed by atoms with van der Waals surface area (Å²) in [7, 11) is 0. The van der Waals surface area contributed by atoms with Gasteiger partial charge in [0.25, 0.3) is 5.91 Å². The molecule has 8 nitrogen and oxygen atoms in total. The number of benzene rings is 2. The monoisotopic (exact) mass is 433 g/mol. The fraction of sp³-hybridized carbons (Fsp3) is 0.208. The number of carboxylic acid groups (broad SMARTS) is 1. The molecule has 32 heavy (non-hydrogen) atoms. The molecular weight excluding hydrogens is 412 g/mol. The number of ether oxygens (including phenoxy) is 1. The average Bonchev–Trinajstić information content (AvgIpc) is 3.15. The molecule has 2 atom stereocenters. The van der Waals surface area contributed by atoms with Gasteiger partial charge in [-0.15, -0.1) is 0 Å². The van der Waals surface area contributed by atoms with Crippen molar-refractivity contribution in [2.75, 3.05) is 0 Å². The zero-order chi connectivity index (χ0) is 22.8. The third-order valence-electron chi connectivity index (χ3n) is 5.30. The highest BCUT2D eigenvalue weighted by Gasteiger charge is 2.21. The van der Waals surface area contributed by atoms with Gasteiger partial charge < -0.3 is 29.4 Å². The van der Waals surface area contributed by atoms with E-state index < -0.39 is 29.6 Å². The van der Waals surface area contributed by atoms with Gasteiger partial charge in [-0.2, -0.15) is 0 Å². The molecule has 0 spiro atoms. The van der Waals surface area contributed by atoms with E-state index in [2.05, 4.69) is 10.3 Å². The lowest BCUT2D eigenvalue weighted by molar-refractivity contribution is -0.308. The molecule has 0 fully saturated rings. The number of aromatic amines is 1.